The number of carbonyl (C=O) groups is 1. The van der Waals surface area contributed by atoms with Crippen LogP contribution >= 0.6 is 11.3 Å². The number of nitro benzene ring substituents is 1. The fourth-order valence-electron chi connectivity index (χ4n) is 2.20. The molecule has 0 saturated carbocycles. The molecule has 1 amide bonds. The molecule has 0 bridgehead atoms. The maximum Gasteiger partial charge on any atom is 0.306 e. The van der Waals surface area contributed by atoms with Crippen molar-refractivity contribution in [3.63, 3.8) is 0 Å². The Morgan fingerprint density at radius 2 is 2.00 bits per heavy atom. The van der Waals surface area contributed by atoms with E-state index < -0.39 is 16.4 Å². The third-order valence-electron chi connectivity index (χ3n) is 3.34. The Morgan fingerprint density at radius 1 is 1.24 bits per heavy atom. The van der Waals surface area contributed by atoms with Gasteiger partial charge in [0.25, 0.3) is 0 Å². The number of rotatable bonds is 5. The Hall–Kier alpha value is -3.13. The average Bonchev–Trinajstić information content (AvgIpc) is 3.05. The first kappa shape index (κ1) is 16.7. The molecule has 0 spiro atoms. The van der Waals surface area contributed by atoms with Crippen molar-refractivity contribution in [3.05, 3.63) is 75.5 Å². The number of anilines is 1. The summed E-state index contributed by atoms with van der Waals surface area (Å²) in [6.45, 7) is 0. The molecule has 0 aliphatic rings. The summed E-state index contributed by atoms with van der Waals surface area (Å²) in [4.78, 5) is 26.4. The van der Waals surface area contributed by atoms with Gasteiger partial charge in [0.2, 0.25) is 11.7 Å². The lowest BCUT2D eigenvalue weighted by Crippen LogP contribution is -2.14. The van der Waals surface area contributed by atoms with Gasteiger partial charge in [0.1, 0.15) is 5.01 Å². The van der Waals surface area contributed by atoms with Gasteiger partial charge in [-0.3, -0.25) is 14.9 Å². The molecule has 0 atom stereocenters. The Bertz CT molecular complexity index is 928. The van der Waals surface area contributed by atoms with Crippen molar-refractivity contribution in [2.75, 3.05) is 5.32 Å². The highest BCUT2D eigenvalue weighted by Crippen LogP contribution is 2.24. The van der Waals surface area contributed by atoms with Crippen molar-refractivity contribution < 1.29 is 14.1 Å². The van der Waals surface area contributed by atoms with Gasteiger partial charge in [-0.05, 0) is 12.1 Å². The molecule has 1 heterocycles. The van der Waals surface area contributed by atoms with E-state index in [0.717, 1.165) is 22.7 Å². The number of nitrogens with zero attached hydrogens (tertiary/aromatic N) is 2. The van der Waals surface area contributed by atoms with Crippen molar-refractivity contribution in [3.8, 4) is 10.6 Å². The van der Waals surface area contributed by atoms with E-state index in [9.17, 15) is 19.3 Å². The monoisotopic (exact) mass is 357 g/mol. The number of halogens is 1. The fourth-order valence-corrected chi connectivity index (χ4v) is 3.03. The summed E-state index contributed by atoms with van der Waals surface area (Å²) in [6, 6.07) is 12.8. The summed E-state index contributed by atoms with van der Waals surface area (Å²) in [6.07, 6.45) is 0.0223. The molecular weight excluding hydrogens is 345 g/mol. The molecule has 3 rings (SSSR count). The lowest BCUT2D eigenvalue weighted by Gasteiger charge is -2.04. The highest BCUT2D eigenvalue weighted by Gasteiger charge is 2.16. The zero-order valence-electron chi connectivity index (χ0n) is 12.8. The van der Waals surface area contributed by atoms with Crippen molar-refractivity contribution in [2.45, 2.75) is 6.42 Å². The first-order valence-electron chi connectivity index (χ1n) is 7.26. The van der Waals surface area contributed by atoms with E-state index in [1.165, 1.54) is 17.4 Å². The van der Waals surface area contributed by atoms with Crippen LogP contribution in [0.1, 0.15) is 5.69 Å². The van der Waals surface area contributed by atoms with Crippen molar-refractivity contribution in [1.29, 1.82) is 0 Å². The van der Waals surface area contributed by atoms with E-state index in [4.69, 9.17) is 0 Å². The van der Waals surface area contributed by atoms with E-state index in [1.54, 1.807) is 5.38 Å². The first-order chi connectivity index (χ1) is 12.0. The first-order valence-corrected chi connectivity index (χ1v) is 8.14. The molecule has 0 radical (unpaired) electrons. The van der Waals surface area contributed by atoms with E-state index >= 15 is 0 Å². The van der Waals surface area contributed by atoms with Gasteiger partial charge >= 0.3 is 5.69 Å². The molecule has 0 unspecified atom stereocenters. The van der Waals surface area contributed by atoms with Gasteiger partial charge in [-0.2, -0.15) is 4.39 Å². The molecule has 2 aromatic carbocycles. The molecule has 3 aromatic rings. The Balaban J connectivity index is 1.68. The number of nitrogens with one attached hydrogen (secondary N) is 1. The van der Waals surface area contributed by atoms with Crippen LogP contribution in [0.4, 0.5) is 15.8 Å². The number of nitro groups is 1. The largest absolute Gasteiger partial charge is 0.325 e. The minimum Gasteiger partial charge on any atom is -0.325 e. The average molecular weight is 357 g/mol. The molecule has 1 aromatic heterocycles. The Labute approximate surface area is 146 Å². The predicted molar refractivity (Wildman–Crippen MR) is 92.9 cm³/mol. The van der Waals surface area contributed by atoms with Gasteiger partial charge in [-0.15, -0.1) is 11.3 Å². The number of hydrogen-bond donors (Lipinski definition) is 1. The number of carbonyl (C=O) groups excluding carboxylic acids is 1. The van der Waals surface area contributed by atoms with Gasteiger partial charge < -0.3 is 5.32 Å². The second-order valence-electron chi connectivity index (χ2n) is 5.16. The van der Waals surface area contributed by atoms with Crippen LogP contribution in [0.25, 0.3) is 10.6 Å². The number of thiazole rings is 1. The summed E-state index contributed by atoms with van der Waals surface area (Å²) < 4.78 is 13.3. The quantitative estimate of drug-likeness (QED) is 0.552. The highest BCUT2D eigenvalue weighted by atomic mass is 32.1. The number of hydrogen-bond acceptors (Lipinski definition) is 5. The smallest absolute Gasteiger partial charge is 0.306 e. The number of benzene rings is 2. The number of aromatic nitrogens is 1. The van der Waals surface area contributed by atoms with Crippen LogP contribution < -0.4 is 5.32 Å². The van der Waals surface area contributed by atoms with E-state index in [0.29, 0.717) is 5.69 Å². The molecule has 126 valence electrons. The van der Waals surface area contributed by atoms with Crippen LogP contribution in [0.5, 0.6) is 0 Å². The summed E-state index contributed by atoms with van der Waals surface area (Å²) in [5.41, 5.74) is 1.04. The van der Waals surface area contributed by atoms with E-state index in [-0.39, 0.29) is 18.0 Å². The van der Waals surface area contributed by atoms with Crippen molar-refractivity contribution in [1.82, 2.24) is 4.98 Å². The molecule has 6 nitrogen and oxygen atoms in total. The highest BCUT2D eigenvalue weighted by molar-refractivity contribution is 7.13. The standard InChI is InChI=1S/C17H12FN3O3S/c18-14-7-6-12(8-15(14)21(23)24)19-16(22)9-13-10-25-17(20-13)11-4-2-1-3-5-11/h1-8,10H,9H2,(H,19,22). The van der Waals surface area contributed by atoms with Crippen LogP contribution in [-0.4, -0.2) is 15.8 Å². The van der Waals surface area contributed by atoms with Gasteiger partial charge in [0.15, 0.2) is 0 Å². The zero-order chi connectivity index (χ0) is 17.8. The zero-order valence-corrected chi connectivity index (χ0v) is 13.6. The van der Waals surface area contributed by atoms with E-state index in [2.05, 4.69) is 10.3 Å². The lowest BCUT2D eigenvalue weighted by atomic mass is 10.2. The molecule has 0 fully saturated rings. The van der Waals surface area contributed by atoms with Gasteiger partial charge in [0, 0.05) is 22.7 Å². The number of amides is 1. The normalized spacial score (nSPS) is 10.4. The minimum absolute atomic E-state index is 0.0223. The van der Waals surface area contributed by atoms with Crippen LogP contribution in [0.3, 0.4) is 0 Å². The van der Waals surface area contributed by atoms with E-state index in [1.807, 2.05) is 30.3 Å². The fraction of sp³-hybridized carbons (Fsp3) is 0.0588. The SMILES string of the molecule is O=C(Cc1csc(-c2ccccc2)n1)Nc1ccc(F)c([N+](=O)[O-])c1. The molecule has 25 heavy (non-hydrogen) atoms. The van der Waals surface area contributed by atoms with Gasteiger partial charge in [0.05, 0.1) is 17.0 Å². The van der Waals surface area contributed by atoms with Crippen LogP contribution in [0.15, 0.2) is 53.9 Å². The predicted octanol–water partition coefficient (Wildman–Crippen LogP) is 4.04. The maximum atomic E-state index is 13.3. The molecular formula is C17H12FN3O3S. The topological polar surface area (TPSA) is 85.1 Å². The molecule has 1 N–H and O–H groups in total. The Morgan fingerprint density at radius 3 is 2.72 bits per heavy atom. The Kier molecular flexibility index (Phi) is 4.80. The lowest BCUT2D eigenvalue weighted by molar-refractivity contribution is -0.387. The third kappa shape index (κ3) is 4.04. The minimum atomic E-state index is -0.949. The van der Waals surface area contributed by atoms with Crippen molar-refractivity contribution in [2.24, 2.45) is 0 Å². The summed E-state index contributed by atoms with van der Waals surface area (Å²) >= 11 is 1.43. The summed E-state index contributed by atoms with van der Waals surface area (Å²) in [5, 5.41) is 15.8. The van der Waals surface area contributed by atoms with Gasteiger partial charge in [-0.1, -0.05) is 30.3 Å². The van der Waals surface area contributed by atoms with Crippen molar-refractivity contribution >= 4 is 28.6 Å². The molecule has 0 saturated heterocycles. The van der Waals surface area contributed by atoms with Crippen LogP contribution in [-0.2, 0) is 11.2 Å². The molecule has 0 aliphatic heterocycles. The second kappa shape index (κ2) is 7.18. The van der Waals surface area contributed by atoms with Crippen LogP contribution in [0, 0.1) is 15.9 Å². The molecule has 8 heteroatoms. The van der Waals surface area contributed by atoms with Crippen LogP contribution in [0.2, 0.25) is 0 Å². The maximum absolute atomic E-state index is 13.3. The second-order valence-corrected chi connectivity index (χ2v) is 6.02. The summed E-state index contributed by atoms with van der Waals surface area (Å²) in [7, 11) is 0. The molecule has 0 aliphatic carbocycles. The third-order valence-corrected chi connectivity index (χ3v) is 4.28. The van der Waals surface area contributed by atoms with Gasteiger partial charge in [-0.25, -0.2) is 4.98 Å². The summed E-state index contributed by atoms with van der Waals surface area (Å²) in [5.74, 6) is -1.33.